The largest absolute Gasteiger partial charge is 0.506 e. The summed E-state index contributed by atoms with van der Waals surface area (Å²) in [5.41, 5.74) is 9.21. The Labute approximate surface area is 309 Å². The lowest BCUT2D eigenvalue weighted by atomic mass is 10.0. The normalized spacial score (nSPS) is 14.1. The number of nitrogens with two attached hydrogens (primary N) is 1. The van der Waals surface area contributed by atoms with Gasteiger partial charge in [0.15, 0.2) is 0 Å². The van der Waals surface area contributed by atoms with E-state index >= 15 is 0 Å². The zero-order valence-corrected chi connectivity index (χ0v) is 31.3. The first-order valence-electron chi connectivity index (χ1n) is 16.8. The van der Waals surface area contributed by atoms with Crippen molar-refractivity contribution in [1.82, 2.24) is 20.5 Å². The Morgan fingerprint density at radius 2 is 1.54 bits per heavy atom. The predicted octanol–water partition coefficient (Wildman–Crippen LogP) is 4.28. The Morgan fingerprint density at radius 1 is 0.880 bits per heavy atom. The summed E-state index contributed by atoms with van der Waals surface area (Å²) in [7, 11) is 0. The van der Waals surface area contributed by atoms with Crippen LogP contribution in [-0.2, 0) is 32.0 Å². The van der Waals surface area contributed by atoms with E-state index in [1.807, 2.05) is 36.4 Å². The third-order valence-corrected chi connectivity index (χ3v) is 9.70. The molecule has 1 fully saturated rings. The SMILES string of the molecule is CC(=O)Nc1ccc(CCCC(=O)N[C@H](Cc2cc(Br)c(O)c(Br)c2)C(=O)N[C@@H](CCCCN)C(=O)N2CCN(c3ccncc3)CC2)cc1. The minimum atomic E-state index is -0.976. The Bertz CT molecular complexity index is 1580. The second kappa shape index (κ2) is 19.4. The molecule has 0 unspecified atom stereocenters. The maximum atomic E-state index is 14.0. The number of amides is 4. The van der Waals surface area contributed by atoms with E-state index in [1.165, 1.54) is 6.92 Å². The number of hydrogen-bond donors (Lipinski definition) is 5. The molecule has 0 saturated carbocycles. The van der Waals surface area contributed by atoms with E-state index in [4.69, 9.17) is 5.73 Å². The quantitative estimate of drug-likeness (QED) is 0.134. The number of aryl methyl sites for hydroxylation is 1. The molecule has 268 valence electrons. The summed E-state index contributed by atoms with van der Waals surface area (Å²) in [6.45, 7) is 4.25. The summed E-state index contributed by atoms with van der Waals surface area (Å²) >= 11 is 6.70. The first-order valence-corrected chi connectivity index (χ1v) is 18.4. The topological polar surface area (TPSA) is 170 Å². The van der Waals surface area contributed by atoms with Gasteiger partial charge in [-0.25, -0.2) is 0 Å². The molecule has 2 atom stereocenters. The van der Waals surface area contributed by atoms with E-state index in [1.54, 1.807) is 29.4 Å². The van der Waals surface area contributed by atoms with E-state index < -0.39 is 18.0 Å². The van der Waals surface area contributed by atoms with Gasteiger partial charge in [0.1, 0.15) is 17.8 Å². The summed E-state index contributed by atoms with van der Waals surface area (Å²) in [5.74, 6) is -1.04. The molecular formula is C36H45Br2N7O5. The number of carbonyl (C=O) groups is 4. The Hall–Kier alpha value is -4.01. The van der Waals surface area contributed by atoms with Crippen LogP contribution in [0.1, 0.15) is 50.2 Å². The van der Waals surface area contributed by atoms with Crippen molar-refractivity contribution in [2.45, 2.75) is 64.0 Å². The fourth-order valence-electron chi connectivity index (χ4n) is 5.84. The molecule has 12 nitrogen and oxygen atoms in total. The first-order chi connectivity index (χ1) is 24.0. The van der Waals surface area contributed by atoms with Crippen molar-refractivity contribution in [3.8, 4) is 5.75 Å². The average Bonchev–Trinajstić information content (AvgIpc) is 3.10. The lowest BCUT2D eigenvalue weighted by Gasteiger charge is -2.37. The molecule has 1 aromatic heterocycles. The standard InChI is InChI=1S/C36H45Br2N7O5/c1-24(46)41-27-10-8-25(9-11-27)5-4-7-33(47)42-32(23-26-21-29(37)34(48)30(38)22-26)35(49)43-31(6-2-3-14-39)36(50)45-19-17-44(18-20-45)28-12-15-40-16-13-28/h8-13,15-16,21-22,31-32,48H,2-7,14,17-20,23,39H2,1H3,(H,41,46)(H,42,47)(H,43,49)/t31-,32+/m0/s1. The molecule has 14 heteroatoms. The van der Waals surface area contributed by atoms with Crippen LogP contribution in [0.5, 0.6) is 5.75 Å². The van der Waals surface area contributed by atoms with E-state index in [-0.39, 0.29) is 36.3 Å². The number of nitrogens with zero attached hydrogens (tertiary/aromatic N) is 3. The molecule has 1 aliphatic heterocycles. The highest BCUT2D eigenvalue weighted by molar-refractivity contribution is 9.11. The summed E-state index contributed by atoms with van der Waals surface area (Å²) in [4.78, 5) is 60.4. The van der Waals surface area contributed by atoms with Crippen molar-refractivity contribution in [2.75, 3.05) is 42.9 Å². The smallest absolute Gasteiger partial charge is 0.245 e. The number of halogens is 2. The zero-order valence-electron chi connectivity index (χ0n) is 28.2. The monoisotopic (exact) mass is 813 g/mol. The van der Waals surface area contributed by atoms with Crippen molar-refractivity contribution >= 4 is 66.9 Å². The van der Waals surface area contributed by atoms with Gasteiger partial charge >= 0.3 is 0 Å². The molecule has 4 rings (SSSR count). The van der Waals surface area contributed by atoms with Crippen molar-refractivity contribution < 1.29 is 24.3 Å². The second-order valence-electron chi connectivity index (χ2n) is 12.3. The minimum absolute atomic E-state index is 0.0264. The van der Waals surface area contributed by atoms with E-state index in [9.17, 15) is 24.3 Å². The van der Waals surface area contributed by atoms with E-state index in [0.29, 0.717) is 85.0 Å². The van der Waals surface area contributed by atoms with Gasteiger partial charge in [0, 0.05) is 69.7 Å². The van der Waals surface area contributed by atoms with Crippen LogP contribution in [0.3, 0.4) is 0 Å². The molecule has 1 saturated heterocycles. The first kappa shape index (κ1) is 38.8. The summed E-state index contributed by atoms with van der Waals surface area (Å²) in [6, 6.07) is 13.0. The minimum Gasteiger partial charge on any atom is -0.506 e. The van der Waals surface area contributed by atoms with Crippen LogP contribution in [0.15, 0.2) is 69.9 Å². The van der Waals surface area contributed by atoms with Crippen molar-refractivity contribution in [1.29, 1.82) is 0 Å². The lowest BCUT2D eigenvalue weighted by molar-refractivity contribution is -0.137. The number of pyridine rings is 1. The van der Waals surface area contributed by atoms with E-state index in [0.717, 1.165) is 11.3 Å². The third-order valence-electron chi connectivity index (χ3n) is 8.49. The highest BCUT2D eigenvalue weighted by Crippen LogP contribution is 2.33. The van der Waals surface area contributed by atoms with Gasteiger partial charge in [-0.05, 0) is 118 Å². The van der Waals surface area contributed by atoms with E-state index in [2.05, 4.69) is 57.7 Å². The van der Waals surface area contributed by atoms with Crippen molar-refractivity contribution in [3.05, 3.63) is 81.0 Å². The van der Waals surface area contributed by atoms with Gasteiger partial charge in [0.25, 0.3) is 0 Å². The number of unbranched alkanes of at least 4 members (excludes halogenated alkanes) is 1. The molecule has 2 heterocycles. The molecule has 4 amide bonds. The molecular weight excluding hydrogens is 770 g/mol. The van der Waals surface area contributed by atoms with Crippen LogP contribution in [0.4, 0.5) is 11.4 Å². The molecule has 2 aromatic carbocycles. The van der Waals surface area contributed by atoms with Crippen LogP contribution >= 0.6 is 31.9 Å². The van der Waals surface area contributed by atoms with Crippen LogP contribution < -0.4 is 26.6 Å². The molecule has 6 N–H and O–H groups in total. The fraction of sp³-hybridized carbons (Fsp3) is 0.417. The molecule has 0 radical (unpaired) electrons. The summed E-state index contributed by atoms with van der Waals surface area (Å²) < 4.78 is 0.884. The molecule has 0 bridgehead atoms. The maximum Gasteiger partial charge on any atom is 0.245 e. The number of aromatic hydroxyl groups is 1. The fourth-order valence-corrected chi connectivity index (χ4v) is 7.12. The third kappa shape index (κ3) is 11.8. The number of nitrogens with one attached hydrogen (secondary N) is 3. The molecule has 0 spiro atoms. The molecule has 0 aliphatic carbocycles. The van der Waals surface area contributed by atoms with Crippen molar-refractivity contribution in [2.24, 2.45) is 5.73 Å². The van der Waals surface area contributed by atoms with Gasteiger partial charge in [-0.15, -0.1) is 0 Å². The maximum absolute atomic E-state index is 14.0. The molecule has 50 heavy (non-hydrogen) atoms. The number of rotatable bonds is 16. The number of anilines is 2. The van der Waals surface area contributed by atoms with Gasteiger partial charge in [-0.2, -0.15) is 0 Å². The number of aromatic nitrogens is 1. The average molecular weight is 816 g/mol. The lowest BCUT2D eigenvalue weighted by Crippen LogP contribution is -2.57. The van der Waals surface area contributed by atoms with Gasteiger partial charge < -0.3 is 36.6 Å². The number of carbonyl (C=O) groups excluding carboxylic acids is 4. The summed E-state index contributed by atoms with van der Waals surface area (Å²) in [5, 5.41) is 18.8. The van der Waals surface area contributed by atoms with Gasteiger partial charge in [0.2, 0.25) is 23.6 Å². The summed E-state index contributed by atoms with van der Waals surface area (Å²) in [6.07, 6.45) is 6.77. The zero-order chi connectivity index (χ0) is 36.0. The number of phenolic OH excluding ortho intramolecular Hbond substituents is 1. The number of benzene rings is 2. The number of hydrogen-bond acceptors (Lipinski definition) is 8. The van der Waals surface area contributed by atoms with Crippen LogP contribution in [0, 0.1) is 0 Å². The highest BCUT2D eigenvalue weighted by atomic mass is 79.9. The van der Waals surface area contributed by atoms with Gasteiger partial charge in [-0.1, -0.05) is 12.1 Å². The van der Waals surface area contributed by atoms with Crippen LogP contribution in [0.25, 0.3) is 0 Å². The Kier molecular flexibility index (Phi) is 15.0. The van der Waals surface area contributed by atoms with Crippen molar-refractivity contribution in [3.63, 3.8) is 0 Å². The Balaban J connectivity index is 1.43. The number of piperazine rings is 1. The van der Waals surface area contributed by atoms with Gasteiger partial charge in [-0.3, -0.25) is 24.2 Å². The van der Waals surface area contributed by atoms with Crippen LogP contribution in [-0.4, -0.2) is 83.4 Å². The predicted molar refractivity (Wildman–Crippen MR) is 201 cm³/mol. The van der Waals surface area contributed by atoms with Gasteiger partial charge in [0.05, 0.1) is 8.95 Å². The molecule has 3 aromatic rings. The second-order valence-corrected chi connectivity index (χ2v) is 14.0. The highest BCUT2D eigenvalue weighted by Gasteiger charge is 2.31. The number of phenols is 1. The van der Waals surface area contributed by atoms with Crippen LogP contribution in [0.2, 0.25) is 0 Å². The Morgan fingerprint density at radius 3 is 2.16 bits per heavy atom. The molecule has 1 aliphatic rings.